The van der Waals surface area contributed by atoms with E-state index in [9.17, 15) is 0 Å². The SMILES string of the molecule is c1ccc(Oc2cncc(N3CCC[C@@H](Nc4cc(N5CCOCC5)ccn4)C3)c2)cc1. The molecule has 2 fully saturated rings. The maximum absolute atomic E-state index is 5.97. The van der Waals surface area contributed by atoms with Crippen molar-refractivity contribution in [1.82, 2.24) is 9.97 Å². The molecular weight excluding hydrogens is 402 g/mol. The average Bonchev–Trinajstić information content (AvgIpc) is 2.86. The monoisotopic (exact) mass is 431 g/mol. The first-order valence-electron chi connectivity index (χ1n) is 11.3. The molecule has 0 radical (unpaired) electrons. The maximum atomic E-state index is 5.97. The van der Waals surface area contributed by atoms with Gasteiger partial charge in [0, 0.05) is 56.2 Å². The third-order valence-electron chi connectivity index (χ3n) is 5.94. The molecule has 2 aliphatic rings. The highest BCUT2D eigenvalue weighted by Crippen LogP contribution is 2.27. The van der Waals surface area contributed by atoms with E-state index >= 15 is 0 Å². The number of hydrogen-bond donors (Lipinski definition) is 1. The first kappa shape index (κ1) is 20.6. The van der Waals surface area contributed by atoms with Gasteiger partial charge in [0.05, 0.1) is 31.3 Å². The summed E-state index contributed by atoms with van der Waals surface area (Å²) in [5, 5.41) is 3.65. The lowest BCUT2D eigenvalue weighted by Gasteiger charge is -2.35. The Morgan fingerprint density at radius 2 is 1.78 bits per heavy atom. The lowest BCUT2D eigenvalue weighted by Crippen LogP contribution is -2.42. The topological polar surface area (TPSA) is 62.8 Å². The Bertz CT molecular complexity index is 1010. The zero-order valence-corrected chi connectivity index (χ0v) is 18.2. The first-order valence-corrected chi connectivity index (χ1v) is 11.3. The third-order valence-corrected chi connectivity index (χ3v) is 5.94. The van der Waals surface area contributed by atoms with Crippen LogP contribution in [0.2, 0.25) is 0 Å². The summed E-state index contributed by atoms with van der Waals surface area (Å²) in [6.45, 7) is 5.33. The summed E-state index contributed by atoms with van der Waals surface area (Å²) in [6.07, 6.45) is 7.80. The normalized spacial score (nSPS) is 18.9. The van der Waals surface area contributed by atoms with Crippen molar-refractivity contribution in [3.05, 3.63) is 67.1 Å². The van der Waals surface area contributed by atoms with Crippen molar-refractivity contribution < 1.29 is 9.47 Å². The highest BCUT2D eigenvalue weighted by Gasteiger charge is 2.21. The van der Waals surface area contributed by atoms with Crippen molar-refractivity contribution in [3.63, 3.8) is 0 Å². The Balaban J connectivity index is 1.24. The van der Waals surface area contributed by atoms with E-state index < -0.39 is 0 Å². The summed E-state index contributed by atoms with van der Waals surface area (Å²) in [6, 6.07) is 16.4. The molecule has 0 saturated carbocycles. The predicted octanol–water partition coefficient (Wildman–Crippen LogP) is 4.19. The number of rotatable bonds is 6. The number of benzene rings is 1. The zero-order chi connectivity index (χ0) is 21.6. The third kappa shape index (κ3) is 5.11. The van der Waals surface area contributed by atoms with Gasteiger partial charge in [-0.1, -0.05) is 18.2 Å². The second-order valence-electron chi connectivity index (χ2n) is 8.22. The van der Waals surface area contributed by atoms with Gasteiger partial charge in [-0.25, -0.2) is 4.98 Å². The van der Waals surface area contributed by atoms with Crippen molar-refractivity contribution in [1.29, 1.82) is 0 Å². The Hall–Kier alpha value is -3.32. The maximum Gasteiger partial charge on any atom is 0.147 e. The molecule has 2 saturated heterocycles. The van der Waals surface area contributed by atoms with E-state index in [-0.39, 0.29) is 0 Å². The van der Waals surface area contributed by atoms with Crippen molar-refractivity contribution >= 4 is 17.2 Å². The van der Waals surface area contributed by atoms with Crippen molar-refractivity contribution in [3.8, 4) is 11.5 Å². The van der Waals surface area contributed by atoms with Gasteiger partial charge in [-0.2, -0.15) is 0 Å². The van der Waals surface area contributed by atoms with Crippen molar-refractivity contribution in [2.75, 3.05) is 54.5 Å². The van der Waals surface area contributed by atoms with Crippen LogP contribution in [0.4, 0.5) is 17.2 Å². The molecular formula is C25H29N5O2. The molecule has 166 valence electrons. The molecule has 32 heavy (non-hydrogen) atoms. The average molecular weight is 432 g/mol. The number of anilines is 3. The Morgan fingerprint density at radius 3 is 2.66 bits per heavy atom. The van der Waals surface area contributed by atoms with E-state index in [4.69, 9.17) is 9.47 Å². The Labute approximate surface area is 189 Å². The molecule has 0 spiro atoms. The molecule has 0 bridgehead atoms. The van der Waals surface area contributed by atoms with Crippen LogP contribution < -0.4 is 19.9 Å². The van der Waals surface area contributed by atoms with Gasteiger partial charge in [-0.3, -0.25) is 4.98 Å². The summed E-state index contributed by atoms with van der Waals surface area (Å²) in [7, 11) is 0. The van der Waals surface area contributed by atoms with E-state index in [0.717, 1.165) is 75.2 Å². The largest absolute Gasteiger partial charge is 0.456 e. The van der Waals surface area contributed by atoms with Crippen LogP contribution in [-0.2, 0) is 4.74 Å². The minimum absolute atomic E-state index is 0.329. The molecule has 4 heterocycles. The number of ether oxygens (including phenoxy) is 2. The minimum Gasteiger partial charge on any atom is -0.456 e. The number of morpholine rings is 1. The number of nitrogens with one attached hydrogen (secondary N) is 1. The van der Waals surface area contributed by atoms with Gasteiger partial charge in [0.15, 0.2) is 0 Å². The smallest absolute Gasteiger partial charge is 0.147 e. The number of piperidine rings is 1. The van der Waals surface area contributed by atoms with Gasteiger partial charge in [0.25, 0.3) is 0 Å². The van der Waals surface area contributed by atoms with E-state index in [2.05, 4.69) is 43.3 Å². The molecule has 2 aromatic heterocycles. The van der Waals surface area contributed by atoms with Crippen LogP contribution in [0.5, 0.6) is 11.5 Å². The summed E-state index contributed by atoms with van der Waals surface area (Å²) in [4.78, 5) is 13.7. The molecule has 3 aromatic rings. The minimum atomic E-state index is 0.329. The van der Waals surface area contributed by atoms with Gasteiger partial charge in [-0.15, -0.1) is 0 Å². The van der Waals surface area contributed by atoms with Gasteiger partial charge in [0.1, 0.15) is 17.3 Å². The van der Waals surface area contributed by atoms with Crippen LogP contribution >= 0.6 is 0 Å². The molecule has 1 atom stereocenters. The number of para-hydroxylation sites is 1. The van der Waals surface area contributed by atoms with Crippen LogP contribution in [0, 0.1) is 0 Å². The summed E-state index contributed by atoms with van der Waals surface area (Å²) in [5.41, 5.74) is 2.29. The Morgan fingerprint density at radius 1 is 0.906 bits per heavy atom. The second kappa shape index (κ2) is 9.87. The zero-order valence-electron chi connectivity index (χ0n) is 18.2. The van der Waals surface area contributed by atoms with Crippen molar-refractivity contribution in [2.24, 2.45) is 0 Å². The number of aromatic nitrogens is 2. The van der Waals surface area contributed by atoms with E-state index in [0.29, 0.717) is 6.04 Å². The molecule has 2 aliphatic heterocycles. The first-order chi connectivity index (χ1) is 15.8. The molecule has 7 nitrogen and oxygen atoms in total. The fourth-order valence-electron chi connectivity index (χ4n) is 4.32. The van der Waals surface area contributed by atoms with Gasteiger partial charge in [0.2, 0.25) is 0 Å². The Kier molecular flexibility index (Phi) is 6.35. The summed E-state index contributed by atoms with van der Waals surface area (Å²) in [5.74, 6) is 2.50. The summed E-state index contributed by atoms with van der Waals surface area (Å²) < 4.78 is 11.5. The van der Waals surface area contributed by atoms with Gasteiger partial charge >= 0.3 is 0 Å². The lowest BCUT2D eigenvalue weighted by atomic mass is 10.1. The molecule has 5 rings (SSSR count). The molecule has 0 amide bonds. The molecule has 0 aliphatic carbocycles. The van der Waals surface area contributed by atoms with E-state index in [1.165, 1.54) is 5.69 Å². The standard InChI is InChI=1S/C25H29N5O2/c1-2-6-23(7-3-1)32-24-15-22(17-26-18-24)30-10-4-5-20(19-30)28-25-16-21(8-9-27-25)29-11-13-31-14-12-29/h1-3,6-9,15-18,20H,4-5,10-14,19H2,(H,27,28)/t20-/m1/s1. The predicted molar refractivity (Wildman–Crippen MR) is 127 cm³/mol. The van der Waals surface area contributed by atoms with Crippen molar-refractivity contribution in [2.45, 2.75) is 18.9 Å². The molecule has 0 unspecified atom stereocenters. The van der Waals surface area contributed by atoms with Crippen LogP contribution in [0.15, 0.2) is 67.1 Å². The van der Waals surface area contributed by atoms with Crippen LogP contribution in [0.25, 0.3) is 0 Å². The number of nitrogens with zero attached hydrogens (tertiary/aromatic N) is 4. The van der Waals surface area contributed by atoms with E-state index in [1.807, 2.05) is 42.7 Å². The van der Waals surface area contributed by atoms with Gasteiger partial charge < -0.3 is 24.6 Å². The number of hydrogen-bond acceptors (Lipinski definition) is 7. The van der Waals surface area contributed by atoms with Crippen LogP contribution in [0.1, 0.15) is 12.8 Å². The lowest BCUT2D eigenvalue weighted by molar-refractivity contribution is 0.122. The molecule has 7 heteroatoms. The highest BCUT2D eigenvalue weighted by molar-refractivity contribution is 5.55. The fraction of sp³-hybridized carbons (Fsp3) is 0.360. The molecule has 1 N–H and O–H groups in total. The summed E-state index contributed by atoms with van der Waals surface area (Å²) >= 11 is 0. The molecule has 1 aromatic carbocycles. The fourth-order valence-corrected chi connectivity index (χ4v) is 4.32. The van der Waals surface area contributed by atoms with Crippen LogP contribution in [0.3, 0.4) is 0 Å². The second-order valence-corrected chi connectivity index (χ2v) is 8.22. The van der Waals surface area contributed by atoms with Gasteiger partial charge in [-0.05, 0) is 31.0 Å². The highest BCUT2D eigenvalue weighted by atomic mass is 16.5. The quantitative estimate of drug-likeness (QED) is 0.628. The van der Waals surface area contributed by atoms with Crippen LogP contribution in [-0.4, -0.2) is 55.4 Å². The number of pyridine rings is 2. The van der Waals surface area contributed by atoms with E-state index in [1.54, 1.807) is 6.20 Å².